The molecule has 0 saturated carbocycles. The SMILES string of the molecule is Cc1c(C(C)NC(=O)C2=NN(c3ccccc3)C(C(=O)O)C2)cnn1C. The van der Waals surface area contributed by atoms with Gasteiger partial charge >= 0.3 is 5.97 Å². The first-order chi connectivity index (χ1) is 12.4. The summed E-state index contributed by atoms with van der Waals surface area (Å²) < 4.78 is 1.74. The fourth-order valence-corrected chi connectivity index (χ4v) is 2.96. The summed E-state index contributed by atoms with van der Waals surface area (Å²) in [6, 6.07) is 7.82. The molecule has 0 aliphatic carbocycles. The summed E-state index contributed by atoms with van der Waals surface area (Å²) >= 11 is 0. The van der Waals surface area contributed by atoms with Crippen LogP contribution < -0.4 is 10.3 Å². The van der Waals surface area contributed by atoms with Crippen LogP contribution in [0.3, 0.4) is 0 Å². The van der Waals surface area contributed by atoms with Crippen LogP contribution in [0.2, 0.25) is 0 Å². The number of hydrogen-bond donors (Lipinski definition) is 2. The van der Waals surface area contributed by atoms with Crippen LogP contribution in [0, 0.1) is 6.92 Å². The maximum Gasteiger partial charge on any atom is 0.328 e. The molecule has 26 heavy (non-hydrogen) atoms. The van der Waals surface area contributed by atoms with Gasteiger partial charge in [-0.1, -0.05) is 18.2 Å². The van der Waals surface area contributed by atoms with Gasteiger partial charge in [-0.15, -0.1) is 0 Å². The molecule has 0 spiro atoms. The lowest BCUT2D eigenvalue weighted by Gasteiger charge is -2.19. The number of nitrogens with zero attached hydrogens (tertiary/aromatic N) is 4. The Labute approximate surface area is 151 Å². The number of amides is 1. The summed E-state index contributed by atoms with van der Waals surface area (Å²) in [5.41, 5.74) is 2.71. The molecule has 136 valence electrons. The summed E-state index contributed by atoms with van der Waals surface area (Å²) in [5.74, 6) is -1.39. The van der Waals surface area contributed by atoms with E-state index in [9.17, 15) is 14.7 Å². The highest BCUT2D eigenvalue weighted by molar-refractivity contribution is 6.40. The molecule has 2 unspecified atom stereocenters. The van der Waals surface area contributed by atoms with Crippen molar-refractivity contribution < 1.29 is 14.7 Å². The highest BCUT2D eigenvalue weighted by Gasteiger charge is 2.36. The van der Waals surface area contributed by atoms with E-state index in [1.54, 1.807) is 35.1 Å². The third kappa shape index (κ3) is 3.30. The quantitative estimate of drug-likeness (QED) is 0.849. The van der Waals surface area contributed by atoms with Gasteiger partial charge < -0.3 is 10.4 Å². The number of aromatic nitrogens is 2. The number of para-hydroxylation sites is 1. The topological polar surface area (TPSA) is 99.8 Å². The van der Waals surface area contributed by atoms with Gasteiger partial charge in [-0.05, 0) is 26.0 Å². The minimum Gasteiger partial charge on any atom is -0.480 e. The van der Waals surface area contributed by atoms with Crippen molar-refractivity contribution in [3.8, 4) is 0 Å². The molecular weight excluding hydrogens is 334 g/mol. The van der Waals surface area contributed by atoms with E-state index in [-0.39, 0.29) is 24.1 Å². The zero-order chi connectivity index (χ0) is 18.8. The molecule has 3 rings (SSSR count). The molecule has 8 heteroatoms. The number of carbonyl (C=O) groups is 2. The summed E-state index contributed by atoms with van der Waals surface area (Å²) in [5, 5.41) is 22.2. The number of aliphatic carboxylic acids is 1. The van der Waals surface area contributed by atoms with Crippen molar-refractivity contribution in [2.24, 2.45) is 12.1 Å². The van der Waals surface area contributed by atoms with Gasteiger partial charge in [-0.25, -0.2) is 4.79 Å². The Hall–Kier alpha value is -3.16. The molecule has 1 aliphatic heterocycles. The minimum absolute atomic E-state index is 0.0504. The third-order valence-corrected chi connectivity index (χ3v) is 4.57. The maximum absolute atomic E-state index is 12.6. The van der Waals surface area contributed by atoms with Gasteiger partial charge in [0.25, 0.3) is 5.91 Å². The summed E-state index contributed by atoms with van der Waals surface area (Å²) in [6.45, 7) is 3.79. The average Bonchev–Trinajstić information content (AvgIpc) is 3.21. The molecule has 2 heterocycles. The van der Waals surface area contributed by atoms with Crippen LogP contribution >= 0.6 is 0 Å². The third-order valence-electron chi connectivity index (χ3n) is 4.57. The Morgan fingerprint density at radius 1 is 1.31 bits per heavy atom. The monoisotopic (exact) mass is 355 g/mol. The Kier molecular flexibility index (Phi) is 4.75. The van der Waals surface area contributed by atoms with E-state index in [1.807, 2.05) is 27.0 Å². The average molecular weight is 355 g/mol. The van der Waals surface area contributed by atoms with Crippen molar-refractivity contribution in [3.05, 3.63) is 47.8 Å². The van der Waals surface area contributed by atoms with Crippen molar-refractivity contribution in [1.82, 2.24) is 15.1 Å². The van der Waals surface area contributed by atoms with E-state index in [4.69, 9.17) is 0 Å². The van der Waals surface area contributed by atoms with Crippen LogP contribution in [-0.2, 0) is 16.6 Å². The second-order valence-electron chi connectivity index (χ2n) is 6.29. The van der Waals surface area contributed by atoms with E-state index in [0.29, 0.717) is 5.69 Å². The lowest BCUT2D eigenvalue weighted by atomic mass is 10.1. The normalized spacial score (nSPS) is 17.7. The van der Waals surface area contributed by atoms with Gasteiger partial charge in [-0.3, -0.25) is 14.5 Å². The number of carboxylic acids is 1. The van der Waals surface area contributed by atoms with Crippen LogP contribution in [0.4, 0.5) is 5.69 Å². The van der Waals surface area contributed by atoms with Crippen LogP contribution in [-0.4, -0.2) is 38.5 Å². The van der Waals surface area contributed by atoms with E-state index in [2.05, 4.69) is 15.5 Å². The van der Waals surface area contributed by atoms with Crippen LogP contribution in [0.1, 0.15) is 30.6 Å². The Morgan fingerprint density at radius 2 is 2.00 bits per heavy atom. The largest absolute Gasteiger partial charge is 0.480 e. The Bertz CT molecular complexity index is 859. The Balaban J connectivity index is 1.78. The number of hydrazone groups is 1. The number of hydrogen-bond acceptors (Lipinski definition) is 5. The van der Waals surface area contributed by atoms with Crippen molar-refractivity contribution >= 4 is 23.3 Å². The molecule has 1 aromatic carbocycles. The first-order valence-corrected chi connectivity index (χ1v) is 8.32. The first-order valence-electron chi connectivity index (χ1n) is 8.32. The number of benzene rings is 1. The fourth-order valence-electron chi connectivity index (χ4n) is 2.96. The minimum atomic E-state index is -1.02. The predicted octanol–water partition coefficient (Wildman–Crippen LogP) is 1.63. The standard InChI is InChI=1S/C18H21N5O3/c1-11(14-10-19-22(3)12(14)2)20-17(24)15-9-16(18(25)26)23(21-15)13-7-5-4-6-8-13/h4-8,10-11,16H,9H2,1-3H3,(H,20,24)(H,25,26). The second kappa shape index (κ2) is 6.99. The molecule has 2 aromatic rings. The van der Waals surface area contributed by atoms with Crippen LogP contribution in [0.15, 0.2) is 41.6 Å². The smallest absolute Gasteiger partial charge is 0.328 e. The van der Waals surface area contributed by atoms with Gasteiger partial charge in [-0.2, -0.15) is 10.2 Å². The molecule has 2 atom stereocenters. The van der Waals surface area contributed by atoms with Gasteiger partial charge in [0.15, 0.2) is 6.04 Å². The van der Waals surface area contributed by atoms with Crippen molar-refractivity contribution in [1.29, 1.82) is 0 Å². The number of nitrogens with one attached hydrogen (secondary N) is 1. The molecular formula is C18H21N5O3. The molecule has 0 fully saturated rings. The number of aryl methyl sites for hydroxylation is 1. The molecule has 0 bridgehead atoms. The first kappa shape index (κ1) is 17.7. The highest BCUT2D eigenvalue weighted by atomic mass is 16.4. The number of carboxylic acid groups (broad SMARTS) is 1. The fraction of sp³-hybridized carbons (Fsp3) is 0.333. The molecule has 2 N–H and O–H groups in total. The zero-order valence-electron chi connectivity index (χ0n) is 14.9. The molecule has 8 nitrogen and oxygen atoms in total. The van der Waals surface area contributed by atoms with E-state index in [0.717, 1.165) is 11.3 Å². The van der Waals surface area contributed by atoms with Crippen LogP contribution in [0.5, 0.6) is 0 Å². The number of rotatable bonds is 5. The predicted molar refractivity (Wildman–Crippen MR) is 96.9 cm³/mol. The lowest BCUT2D eigenvalue weighted by Crippen LogP contribution is -2.36. The van der Waals surface area contributed by atoms with Crippen molar-refractivity contribution in [2.45, 2.75) is 32.4 Å². The zero-order valence-corrected chi connectivity index (χ0v) is 14.9. The van der Waals surface area contributed by atoms with E-state index >= 15 is 0 Å². The molecule has 0 radical (unpaired) electrons. The van der Waals surface area contributed by atoms with Crippen LogP contribution in [0.25, 0.3) is 0 Å². The van der Waals surface area contributed by atoms with Gasteiger partial charge in [0.1, 0.15) is 5.71 Å². The van der Waals surface area contributed by atoms with Gasteiger partial charge in [0.05, 0.1) is 17.9 Å². The van der Waals surface area contributed by atoms with Crippen molar-refractivity contribution in [3.63, 3.8) is 0 Å². The lowest BCUT2D eigenvalue weighted by molar-refractivity contribution is -0.138. The van der Waals surface area contributed by atoms with E-state index < -0.39 is 12.0 Å². The van der Waals surface area contributed by atoms with Gasteiger partial charge in [0, 0.05) is 24.7 Å². The summed E-state index contributed by atoms with van der Waals surface area (Å²) in [4.78, 5) is 24.2. The highest BCUT2D eigenvalue weighted by Crippen LogP contribution is 2.25. The number of carbonyl (C=O) groups excluding carboxylic acids is 1. The van der Waals surface area contributed by atoms with Crippen molar-refractivity contribution in [2.75, 3.05) is 5.01 Å². The molecule has 0 saturated heterocycles. The van der Waals surface area contributed by atoms with Gasteiger partial charge in [0.2, 0.25) is 0 Å². The summed E-state index contributed by atoms with van der Waals surface area (Å²) in [7, 11) is 1.84. The molecule has 1 aliphatic rings. The number of anilines is 1. The second-order valence-corrected chi connectivity index (χ2v) is 6.29. The Morgan fingerprint density at radius 3 is 2.58 bits per heavy atom. The molecule has 1 amide bonds. The van der Waals surface area contributed by atoms with E-state index in [1.165, 1.54) is 5.01 Å². The maximum atomic E-state index is 12.6. The molecule has 1 aromatic heterocycles. The summed E-state index contributed by atoms with van der Waals surface area (Å²) in [6.07, 6.45) is 1.77.